The number of nitrogens with one attached hydrogen (secondary N) is 1. The number of guanidine groups is 1. The molecule has 1 aromatic carbocycles. The molecule has 138 valence electrons. The predicted molar refractivity (Wildman–Crippen MR) is 104 cm³/mol. The minimum absolute atomic E-state index is 0.158. The molecule has 5 nitrogen and oxygen atoms in total. The molecule has 6 heteroatoms. The molecular weight excluding hydrogens is 336 g/mol. The topological polar surface area (TPSA) is 47.9 Å². The van der Waals surface area contributed by atoms with Gasteiger partial charge >= 0.3 is 0 Å². The van der Waals surface area contributed by atoms with Crippen molar-refractivity contribution in [1.29, 1.82) is 0 Å². The van der Waals surface area contributed by atoms with Crippen LogP contribution in [0.4, 0.5) is 0 Å². The number of piperazine rings is 1. The normalized spacial score (nSPS) is 15.6. The number of amides is 1. The van der Waals surface area contributed by atoms with Gasteiger partial charge in [-0.25, -0.2) is 0 Å². The Morgan fingerprint density at radius 3 is 2.52 bits per heavy atom. The molecule has 25 heavy (non-hydrogen) atoms. The first kappa shape index (κ1) is 19.6. The lowest BCUT2D eigenvalue weighted by Crippen LogP contribution is -2.54. The van der Waals surface area contributed by atoms with Crippen molar-refractivity contribution in [1.82, 2.24) is 15.1 Å². The molecule has 1 aliphatic rings. The van der Waals surface area contributed by atoms with E-state index in [2.05, 4.69) is 31.0 Å². The first-order chi connectivity index (χ1) is 12.0. The van der Waals surface area contributed by atoms with Crippen LogP contribution in [0.25, 0.3) is 0 Å². The van der Waals surface area contributed by atoms with Gasteiger partial charge in [0.05, 0.1) is 6.42 Å². The highest BCUT2D eigenvalue weighted by Crippen LogP contribution is 2.13. The summed E-state index contributed by atoms with van der Waals surface area (Å²) < 4.78 is 0. The van der Waals surface area contributed by atoms with Gasteiger partial charge in [-0.2, -0.15) is 0 Å². The molecule has 1 amide bonds. The fraction of sp³-hybridized carbons (Fsp3) is 0.579. The fourth-order valence-electron chi connectivity index (χ4n) is 2.80. The summed E-state index contributed by atoms with van der Waals surface area (Å²) >= 11 is 6.00. The Labute approximate surface area is 156 Å². The zero-order valence-corrected chi connectivity index (χ0v) is 16.2. The van der Waals surface area contributed by atoms with Crippen LogP contribution in [-0.2, 0) is 11.2 Å². The van der Waals surface area contributed by atoms with Crippen molar-refractivity contribution in [2.75, 3.05) is 39.3 Å². The van der Waals surface area contributed by atoms with Crippen molar-refractivity contribution in [2.24, 2.45) is 10.9 Å². The molecule has 0 radical (unpaired) electrons. The number of hydrogen-bond donors (Lipinski definition) is 1. The Morgan fingerprint density at radius 2 is 1.92 bits per heavy atom. The Hall–Kier alpha value is -1.75. The van der Waals surface area contributed by atoms with Gasteiger partial charge in [0.2, 0.25) is 5.91 Å². The van der Waals surface area contributed by atoms with Crippen LogP contribution < -0.4 is 5.32 Å². The predicted octanol–water partition coefficient (Wildman–Crippen LogP) is 2.65. The molecule has 1 fully saturated rings. The second kappa shape index (κ2) is 9.66. The molecule has 2 rings (SSSR count). The van der Waals surface area contributed by atoms with Crippen LogP contribution in [-0.4, -0.2) is 60.9 Å². The lowest BCUT2D eigenvalue weighted by atomic mass is 10.1. The van der Waals surface area contributed by atoms with Crippen molar-refractivity contribution in [3.8, 4) is 0 Å². The number of halogens is 1. The van der Waals surface area contributed by atoms with E-state index in [0.717, 1.165) is 50.8 Å². The number of benzene rings is 1. The summed E-state index contributed by atoms with van der Waals surface area (Å²) in [6.07, 6.45) is 0.405. The summed E-state index contributed by atoms with van der Waals surface area (Å²) in [4.78, 5) is 21.4. The summed E-state index contributed by atoms with van der Waals surface area (Å²) in [6.45, 7) is 11.2. The van der Waals surface area contributed by atoms with Crippen LogP contribution in [0.3, 0.4) is 0 Å². The second-order valence-corrected chi connectivity index (χ2v) is 7.20. The Bertz CT molecular complexity index is 595. The van der Waals surface area contributed by atoms with Crippen molar-refractivity contribution in [3.05, 3.63) is 34.9 Å². The number of carbonyl (C=O) groups excluding carboxylic acids is 1. The van der Waals surface area contributed by atoms with Crippen molar-refractivity contribution < 1.29 is 4.79 Å². The highest BCUT2D eigenvalue weighted by Gasteiger charge is 2.23. The van der Waals surface area contributed by atoms with Crippen LogP contribution >= 0.6 is 11.6 Å². The van der Waals surface area contributed by atoms with Crippen molar-refractivity contribution in [2.45, 2.75) is 27.2 Å². The van der Waals surface area contributed by atoms with Crippen molar-refractivity contribution in [3.63, 3.8) is 0 Å². The summed E-state index contributed by atoms with van der Waals surface area (Å²) in [5.41, 5.74) is 0.965. The SMILES string of the molecule is CCNC(=NCC(C)C)N1CCN(C(=O)Cc2cccc(Cl)c2)CC1. The molecule has 1 aliphatic heterocycles. The van der Waals surface area contributed by atoms with Crippen LogP contribution in [0, 0.1) is 5.92 Å². The minimum atomic E-state index is 0.158. The summed E-state index contributed by atoms with van der Waals surface area (Å²) in [5.74, 6) is 1.65. The number of nitrogens with zero attached hydrogens (tertiary/aromatic N) is 3. The summed E-state index contributed by atoms with van der Waals surface area (Å²) in [6, 6.07) is 7.52. The van der Waals surface area contributed by atoms with Crippen LogP contribution in [0.2, 0.25) is 5.02 Å². The second-order valence-electron chi connectivity index (χ2n) is 6.76. The van der Waals surface area contributed by atoms with Crippen LogP contribution in [0.1, 0.15) is 26.3 Å². The lowest BCUT2D eigenvalue weighted by molar-refractivity contribution is -0.131. The van der Waals surface area contributed by atoms with E-state index in [4.69, 9.17) is 16.6 Å². The van der Waals surface area contributed by atoms with Crippen LogP contribution in [0.15, 0.2) is 29.3 Å². The van der Waals surface area contributed by atoms with Gasteiger partial charge in [0.1, 0.15) is 0 Å². The van der Waals surface area contributed by atoms with E-state index >= 15 is 0 Å². The molecule has 0 atom stereocenters. The maximum absolute atomic E-state index is 12.5. The smallest absolute Gasteiger partial charge is 0.227 e. The molecule has 0 bridgehead atoms. The van der Waals surface area contributed by atoms with Gasteiger partial charge in [-0.05, 0) is 30.5 Å². The maximum Gasteiger partial charge on any atom is 0.227 e. The molecule has 1 N–H and O–H groups in total. The highest BCUT2D eigenvalue weighted by atomic mass is 35.5. The number of rotatable bonds is 5. The van der Waals surface area contributed by atoms with Gasteiger partial charge in [-0.1, -0.05) is 37.6 Å². The first-order valence-corrected chi connectivity index (χ1v) is 9.43. The molecular formula is C19H29ClN4O. The van der Waals surface area contributed by atoms with E-state index in [1.54, 1.807) is 0 Å². The van der Waals surface area contributed by atoms with E-state index < -0.39 is 0 Å². The van der Waals surface area contributed by atoms with E-state index in [1.165, 1.54) is 0 Å². The minimum Gasteiger partial charge on any atom is -0.357 e. The summed E-state index contributed by atoms with van der Waals surface area (Å²) in [7, 11) is 0. The number of hydrogen-bond acceptors (Lipinski definition) is 2. The van der Waals surface area contributed by atoms with Gasteiger partial charge < -0.3 is 15.1 Å². The molecule has 1 aromatic rings. The molecule has 0 spiro atoms. The number of carbonyl (C=O) groups is 1. The van der Waals surface area contributed by atoms with E-state index in [9.17, 15) is 4.79 Å². The van der Waals surface area contributed by atoms with Gasteiger partial charge in [-0.15, -0.1) is 0 Å². The Balaban J connectivity index is 1.89. The zero-order valence-electron chi connectivity index (χ0n) is 15.5. The Kier molecular flexibility index (Phi) is 7.56. The van der Waals surface area contributed by atoms with Gasteiger partial charge in [0.15, 0.2) is 5.96 Å². The third-order valence-corrected chi connectivity index (χ3v) is 4.35. The first-order valence-electron chi connectivity index (χ1n) is 9.05. The quantitative estimate of drug-likeness (QED) is 0.645. The molecule has 0 unspecified atom stereocenters. The van der Waals surface area contributed by atoms with Crippen LogP contribution in [0.5, 0.6) is 0 Å². The van der Waals surface area contributed by atoms with E-state index in [0.29, 0.717) is 17.4 Å². The third-order valence-electron chi connectivity index (χ3n) is 4.12. The van der Waals surface area contributed by atoms with Gasteiger partial charge in [0.25, 0.3) is 0 Å². The monoisotopic (exact) mass is 364 g/mol. The maximum atomic E-state index is 12.5. The standard InChI is InChI=1S/C19H29ClN4O/c1-4-21-19(22-14-15(2)3)24-10-8-23(9-11-24)18(25)13-16-6-5-7-17(20)12-16/h5-7,12,15H,4,8-11,13-14H2,1-3H3,(H,21,22). The average Bonchev–Trinajstić information content (AvgIpc) is 2.58. The molecule has 0 aliphatic carbocycles. The Morgan fingerprint density at radius 1 is 1.24 bits per heavy atom. The van der Waals surface area contributed by atoms with Gasteiger partial charge in [-0.3, -0.25) is 9.79 Å². The highest BCUT2D eigenvalue weighted by molar-refractivity contribution is 6.30. The van der Waals surface area contributed by atoms with E-state index in [1.807, 2.05) is 29.2 Å². The van der Waals surface area contributed by atoms with Gasteiger partial charge in [0, 0.05) is 44.3 Å². The summed E-state index contributed by atoms with van der Waals surface area (Å²) in [5, 5.41) is 4.03. The molecule has 1 saturated heterocycles. The third kappa shape index (κ3) is 6.24. The zero-order chi connectivity index (χ0) is 18.2. The fourth-order valence-corrected chi connectivity index (χ4v) is 3.01. The van der Waals surface area contributed by atoms with E-state index in [-0.39, 0.29) is 5.91 Å². The molecule has 0 aromatic heterocycles. The molecule has 1 heterocycles. The number of aliphatic imine (C=N–C) groups is 1. The van der Waals surface area contributed by atoms with Crippen molar-refractivity contribution >= 4 is 23.5 Å². The molecule has 0 saturated carbocycles. The largest absolute Gasteiger partial charge is 0.357 e. The average molecular weight is 365 g/mol. The lowest BCUT2D eigenvalue weighted by Gasteiger charge is -2.36.